The Morgan fingerprint density at radius 3 is 2.74 bits per heavy atom. The highest BCUT2D eigenvalue weighted by Crippen LogP contribution is 2.30. The van der Waals surface area contributed by atoms with E-state index in [1.165, 1.54) is 42.9 Å². The number of anilines is 1. The Hall–Kier alpha value is -3.77. The average Bonchev–Trinajstić information content (AvgIpc) is 3.39. The van der Waals surface area contributed by atoms with E-state index in [2.05, 4.69) is 15.5 Å². The van der Waals surface area contributed by atoms with Crippen molar-refractivity contribution in [2.75, 3.05) is 12.4 Å². The average molecular weight is 438 g/mol. The number of aromatic amines is 1. The number of hydrogen-bond acceptors (Lipinski definition) is 6. The molecule has 9 heteroatoms. The van der Waals surface area contributed by atoms with Crippen LogP contribution in [0.1, 0.15) is 34.1 Å². The van der Waals surface area contributed by atoms with Gasteiger partial charge in [0.25, 0.3) is 5.91 Å². The van der Waals surface area contributed by atoms with Gasteiger partial charge in [-0.15, -0.1) is 11.3 Å². The lowest BCUT2D eigenvalue weighted by molar-refractivity contribution is -0.112. The first kappa shape index (κ1) is 21.9. The highest BCUT2D eigenvalue weighted by molar-refractivity contribution is 7.16. The van der Waals surface area contributed by atoms with E-state index in [9.17, 15) is 19.2 Å². The molecule has 0 fully saturated rings. The topological polar surface area (TPSA) is 108 Å². The smallest absolute Gasteiger partial charge is 0.340 e. The second kappa shape index (κ2) is 9.82. The van der Waals surface area contributed by atoms with Crippen molar-refractivity contribution in [3.8, 4) is 17.3 Å². The lowest BCUT2D eigenvalue weighted by Crippen LogP contribution is -2.15. The number of aromatic nitrogens is 2. The first-order chi connectivity index (χ1) is 15.0. The van der Waals surface area contributed by atoms with Gasteiger partial charge < -0.3 is 10.1 Å². The highest BCUT2D eigenvalue weighted by Gasteiger charge is 2.20. The third kappa shape index (κ3) is 5.05. The van der Waals surface area contributed by atoms with Crippen molar-refractivity contribution >= 4 is 34.3 Å². The van der Waals surface area contributed by atoms with Gasteiger partial charge >= 0.3 is 5.97 Å². The summed E-state index contributed by atoms with van der Waals surface area (Å²) < 4.78 is 18.0. The zero-order chi connectivity index (χ0) is 22.4. The fourth-order valence-electron chi connectivity index (χ4n) is 2.89. The zero-order valence-electron chi connectivity index (χ0n) is 16.9. The maximum atomic E-state index is 13.2. The van der Waals surface area contributed by atoms with Gasteiger partial charge in [-0.05, 0) is 42.8 Å². The standard InChI is InChI=1S/C22H19FN4O3S/c1-3-4-17-10-18(22(29)30-2)21(31-17)26-20(28)14(11-24)9-15-12-25-27-19(15)13-5-7-16(23)8-6-13/h5-10,12H,3-4H2,1-2H3,(H,25,27)(H,26,28)/b14-9+. The first-order valence-corrected chi connectivity index (χ1v) is 10.2. The van der Waals surface area contributed by atoms with Crippen LogP contribution in [0.4, 0.5) is 9.39 Å². The number of hydrogen-bond donors (Lipinski definition) is 2. The van der Waals surface area contributed by atoms with E-state index in [1.807, 2.05) is 13.0 Å². The molecule has 3 rings (SSSR count). The van der Waals surface area contributed by atoms with E-state index in [1.54, 1.807) is 18.2 Å². The summed E-state index contributed by atoms with van der Waals surface area (Å²) in [6.45, 7) is 2.01. The third-order valence-corrected chi connectivity index (χ3v) is 5.49. The van der Waals surface area contributed by atoms with E-state index in [0.29, 0.717) is 21.8 Å². The molecule has 0 spiro atoms. The molecule has 0 aliphatic rings. The predicted molar refractivity (Wildman–Crippen MR) is 116 cm³/mol. The van der Waals surface area contributed by atoms with Crippen molar-refractivity contribution in [1.82, 2.24) is 10.2 Å². The van der Waals surface area contributed by atoms with Gasteiger partial charge in [0.15, 0.2) is 0 Å². The number of rotatable bonds is 7. The maximum Gasteiger partial charge on any atom is 0.340 e. The summed E-state index contributed by atoms with van der Waals surface area (Å²) in [7, 11) is 1.27. The van der Waals surface area contributed by atoms with Gasteiger partial charge in [0.05, 0.1) is 24.6 Å². The minimum absolute atomic E-state index is 0.175. The summed E-state index contributed by atoms with van der Waals surface area (Å²) in [4.78, 5) is 25.8. The molecule has 1 aromatic carbocycles. The number of nitrogens with zero attached hydrogens (tertiary/aromatic N) is 2. The molecule has 0 saturated heterocycles. The Bertz CT molecular complexity index is 1170. The monoisotopic (exact) mass is 438 g/mol. The second-order valence-corrected chi connectivity index (χ2v) is 7.67. The van der Waals surface area contributed by atoms with Gasteiger partial charge in [-0.25, -0.2) is 9.18 Å². The number of H-pyrrole nitrogens is 1. The number of ether oxygens (including phenoxy) is 1. The van der Waals surface area contributed by atoms with Crippen LogP contribution in [0, 0.1) is 17.1 Å². The van der Waals surface area contributed by atoms with E-state index in [0.717, 1.165) is 17.7 Å². The predicted octanol–water partition coefficient (Wildman–Crippen LogP) is 4.56. The van der Waals surface area contributed by atoms with E-state index >= 15 is 0 Å². The molecular weight excluding hydrogens is 419 g/mol. The minimum atomic E-state index is -0.663. The van der Waals surface area contributed by atoms with Crippen LogP contribution in [0.3, 0.4) is 0 Å². The van der Waals surface area contributed by atoms with Gasteiger partial charge in [-0.3, -0.25) is 9.89 Å². The first-order valence-electron chi connectivity index (χ1n) is 9.40. The summed E-state index contributed by atoms with van der Waals surface area (Å²) >= 11 is 1.27. The number of carbonyl (C=O) groups excluding carboxylic acids is 2. The van der Waals surface area contributed by atoms with Crippen LogP contribution in [0.5, 0.6) is 0 Å². The molecule has 7 nitrogen and oxygen atoms in total. The van der Waals surface area contributed by atoms with Crippen molar-refractivity contribution in [2.45, 2.75) is 19.8 Å². The number of benzene rings is 1. The Morgan fingerprint density at radius 2 is 2.10 bits per heavy atom. The molecular formula is C22H19FN4O3S. The molecule has 0 atom stereocenters. The molecule has 2 N–H and O–H groups in total. The summed E-state index contributed by atoms with van der Waals surface area (Å²) in [6, 6.07) is 9.31. The molecule has 0 radical (unpaired) electrons. The Labute approximate surface area is 182 Å². The molecule has 1 amide bonds. The molecule has 0 aliphatic carbocycles. The molecule has 158 valence electrons. The number of thiophene rings is 1. The number of esters is 1. The molecule has 2 aromatic heterocycles. The normalized spacial score (nSPS) is 11.1. The van der Waals surface area contributed by atoms with Crippen LogP contribution < -0.4 is 5.32 Å². The van der Waals surface area contributed by atoms with Gasteiger partial charge in [-0.1, -0.05) is 13.3 Å². The Kier molecular flexibility index (Phi) is 6.95. The van der Waals surface area contributed by atoms with Crippen LogP contribution in [-0.2, 0) is 16.0 Å². The van der Waals surface area contributed by atoms with Gasteiger partial charge in [-0.2, -0.15) is 10.4 Å². The summed E-state index contributed by atoms with van der Waals surface area (Å²) in [5, 5.41) is 19.3. The van der Waals surface area contributed by atoms with Crippen molar-refractivity contribution in [2.24, 2.45) is 0 Å². The molecule has 2 heterocycles. The number of aryl methyl sites for hydroxylation is 1. The van der Waals surface area contributed by atoms with E-state index < -0.39 is 11.9 Å². The molecule has 0 aliphatic heterocycles. The molecule has 0 saturated carbocycles. The van der Waals surface area contributed by atoms with Crippen LogP contribution in [-0.4, -0.2) is 29.2 Å². The van der Waals surface area contributed by atoms with Crippen molar-refractivity contribution < 1.29 is 18.7 Å². The van der Waals surface area contributed by atoms with Gasteiger partial charge in [0.2, 0.25) is 0 Å². The van der Waals surface area contributed by atoms with Crippen molar-refractivity contribution in [3.63, 3.8) is 0 Å². The minimum Gasteiger partial charge on any atom is -0.465 e. The number of amides is 1. The van der Waals surface area contributed by atoms with E-state index in [4.69, 9.17) is 4.74 Å². The highest BCUT2D eigenvalue weighted by atomic mass is 32.1. The Balaban J connectivity index is 1.89. The molecule has 3 aromatic rings. The third-order valence-electron chi connectivity index (χ3n) is 4.38. The Morgan fingerprint density at radius 1 is 1.35 bits per heavy atom. The van der Waals surface area contributed by atoms with Crippen LogP contribution in [0.2, 0.25) is 0 Å². The van der Waals surface area contributed by atoms with Crippen LogP contribution in [0.15, 0.2) is 42.1 Å². The molecule has 0 unspecified atom stereocenters. The largest absolute Gasteiger partial charge is 0.465 e. The number of methoxy groups -OCH3 is 1. The number of nitriles is 1. The molecule has 31 heavy (non-hydrogen) atoms. The lowest BCUT2D eigenvalue weighted by Gasteiger charge is -2.05. The van der Waals surface area contributed by atoms with Crippen LogP contribution in [0.25, 0.3) is 17.3 Å². The van der Waals surface area contributed by atoms with Gasteiger partial charge in [0, 0.05) is 16.0 Å². The van der Waals surface area contributed by atoms with Gasteiger partial charge in [0.1, 0.15) is 22.5 Å². The summed E-state index contributed by atoms with van der Waals surface area (Å²) in [5.41, 5.74) is 1.75. The fourth-order valence-corrected chi connectivity index (χ4v) is 4.03. The lowest BCUT2D eigenvalue weighted by atomic mass is 10.1. The molecule has 0 bridgehead atoms. The SMILES string of the molecule is CCCc1cc(C(=O)OC)c(NC(=O)/C(C#N)=C/c2cn[nH]c2-c2ccc(F)cc2)s1. The number of halogens is 1. The summed E-state index contributed by atoms with van der Waals surface area (Å²) in [5.74, 6) is -1.61. The van der Waals surface area contributed by atoms with Crippen molar-refractivity contribution in [1.29, 1.82) is 5.26 Å². The van der Waals surface area contributed by atoms with Crippen LogP contribution >= 0.6 is 11.3 Å². The quantitative estimate of drug-likeness (QED) is 0.319. The second-order valence-electron chi connectivity index (χ2n) is 6.53. The number of nitrogens with one attached hydrogen (secondary N) is 2. The summed E-state index contributed by atoms with van der Waals surface area (Å²) in [6.07, 6.45) is 4.48. The number of carbonyl (C=O) groups is 2. The van der Waals surface area contributed by atoms with E-state index in [-0.39, 0.29) is 17.0 Å². The zero-order valence-corrected chi connectivity index (χ0v) is 17.7. The fraction of sp³-hybridized carbons (Fsp3) is 0.182. The van der Waals surface area contributed by atoms with Crippen molar-refractivity contribution in [3.05, 3.63) is 63.9 Å². The maximum absolute atomic E-state index is 13.2.